The first-order valence-electron chi connectivity index (χ1n) is 6.75. The van der Waals surface area contributed by atoms with Crippen molar-refractivity contribution >= 4 is 0 Å². The topological polar surface area (TPSA) is 38.7 Å². The molecule has 0 spiro atoms. The Morgan fingerprint density at radius 3 is 2.67 bits per heavy atom. The number of hydrogen-bond donors (Lipinski definition) is 1. The average molecular weight is 290 g/mol. The highest BCUT2D eigenvalue weighted by Gasteiger charge is 2.14. The van der Waals surface area contributed by atoms with Gasteiger partial charge in [-0.15, -0.1) is 0 Å². The van der Waals surface area contributed by atoms with E-state index >= 15 is 0 Å². The number of methoxy groups -OCH3 is 1. The third-order valence-corrected chi connectivity index (χ3v) is 3.18. The van der Waals surface area contributed by atoms with Crippen LogP contribution in [0.2, 0.25) is 0 Å². The zero-order chi connectivity index (χ0) is 15.4. The molecule has 0 fully saturated rings. The molecule has 0 bridgehead atoms. The van der Waals surface area contributed by atoms with Gasteiger partial charge in [-0.25, -0.2) is 4.39 Å². The van der Waals surface area contributed by atoms with Crippen molar-refractivity contribution in [2.75, 3.05) is 7.11 Å². The number of ether oxygens (including phenoxy) is 2. The monoisotopic (exact) mass is 290 g/mol. The molecule has 1 atom stereocenters. The lowest BCUT2D eigenvalue weighted by molar-refractivity contribution is 0.184. The Labute approximate surface area is 124 Å². The van der Waals surface area contributed by atoms with Gasteiger partial charge in [-0.1, -0.05) is 12.1 Å². The molecule has 21 heavy (non-hydrogen) atoms. The number of halogens is 1. The van der Waals surface area contributed by atoms with Crippen molar-refractivity contribution < 1.29 is 19.0 Å². The normalized spacial score (nSPS) is 12.2. The van der Waals surface area contributed by atoms with E-state index in [1.807, 2.05) is 24.3 Å². The zero-order valence-electron chi connectivity index (χ0n) is 12.4. The van der Waals surface area contributed by atoms with Crippen molar-refractivity contribution in [3.8, 4) is 11.5 Å². The summed E-state index contributed by atoms with van der Waals surface area (Å²) in [5, 5.41) is 9.77. The van der Waals surface area contributed by atoms with Crippen molar-refractivity contribution in [2.45, 2.75) is 26.6 Å². The third-order valence-electron chi connectivity index (χ3n) is 3.18. The van der Waals surface area contributed by atoms with Crippen LogP contribution in [0.3, 0.4) is 0 Å². The van der Waals surface area contributed by atoms with Gasteiger partial charge in [0.15, 0.2) is 0 Å². The molecule has 0 saturated heterocycles. The van der Waals surface area contributed by atoms with Crippen LogP contribution in [0.1, 0.15) is 29.7 Å². The van der Waals surface area contributed by atoms with Gasteiger partial charge in [0.1, 0.15) is 17.3 Å². The maximum Gasteiger partial charge on any atom is 0.133 e. The zero-order valence-corrected chi connectivity index (χ0v) is 12.4. The molecule has 2 aromatic rings. The van der Waals surface area contributed by atoms with Crippen molar-refractivity contribution in [3.05, 3.63) is 58.9 Å². The molecule has 4 heteroatoms. The summed E-state index contributed by atoms with van der Waals surface area (Å²) in [6.45, 7) is 3.73. The van der Waals surface area contributed by atoms with E-state index in [2.05, 4.69) is 0 Å². The fourth-order valence-electron chi connectivity index (χ4n) is 2.08. The molecule has 2 aromatic carbocycles. The van der Waals surface area contributed by atoms with E-state index in [-0.39, 0.29) is 5.82 Å². The van der Waals surface area contributed by atoms with Crippen LogP contribution < -0.4 is 4.74 Å². The number of aryl methyl sites for hydroxylation is 1. The van der Waals surface area contributed by atoms with E-state index in [1.54, 1.807) is 27.0 Å². The van der Waals surface area contributed by atoms with E-state index in [1.165, 1.54) is 6.07 Å². The van der Waals surface area contributed by atoms with Crippen LogP contribution in [0.15, 0.2) is 36.4 Å². The first-order valence-corrected chi connectivity index (χ1v) is 6.75. The van der Waals surface area contributed by atoms with Gasteiger partial charge in [-0.05, 0) is 49.2 Å². The standard InChI is InChI=1S/C17H19FO3/c1-11-7-17(15(12(2)19)9-16(11)18)21-14-6-4-5-13(8-14)10-20-3/h4-9,12,19H,10H2,1-3H3. The first-order chi connectivity index (χ1) is 10.0. The molecule has 0 aliphatic rings. The van der Waals surface area contributed by atoms with Crippen LogP contribution in [0.4, 0.5) is 4.39 Å². The maximum absolute atomic E-state index is 13.6. The molecule has 2 rings (SSSR count). The summed E-state index contributed by atoms with van der Waals surface area (Å²) in [6.07, 6.45) is -0.808. The van der Waals surface area contributed by atoms with Crippen LogP contribution >= 0.6 is 0 Å². The lowest BCUT2D eigenvalue weighted by atomic mass is 10.1. The molecule has 0 saturated carbocycles. The molecule has 0 aromatic heterocycles. The van der Waals surface area contributed by atoms with Crippen molar-refractivity contribution in [1.29, 1.82) is 0 Å². The van der Waals surface area contributed by atoms with Crippen molar-refractivity contribution in [3.63, 3.8) is 0 Å². The van der Waals surface area contributed by atoms with E-state index in [0.29, 0.717) is 29.2 Å². The number of rotatable bonds is 5. The maximum atomic E-state index is 13.6. The third kappa shape index (κ3) is 3.80. The number of benzene rings is 2. The van der Waals surface area contributed by atoms with Crippen LogP contribution in [-0.2, 0) is 11.3 Å². The lowest BCUT2D eigenvalue weighted by Crippen LogP contribution is -1.99. The van der Waals surface area contributed by atoms with E-state index in [4.69, 9.17) is 9.47 Å². The fraction of sp³-hybridized carbons (Fsp3) is 0.294. The Morgan fingerprint density at radius 2 is 2.00 bits per heavy atom. The van der Waals surface area contributed by atoms with Crippen LogP contribution in [0.5, 0.6) is 11.5 Å². The van der Waals surface area contributed by atoms with Crippen LogP contribution in [0.25, 0.3) is 0 Å². The van der Waals surface area contributed by atoms with Gasteiger partial charge in [-0.2, -0.15) is 0 Å². The number of hydrogen-bond acceptors (Lipinski definition) is 3. The second-order valence-corrected chi connectivity index (χ2v) is 5.00. The molecular weight excluding hydrogens is 271 g/mol. The summed E-state index contributed by atoms with van der Waals surface area (Å²) in [7, 11) is 1.63. The molecule has 0 radical (unpaired) electrons. The lowest BCUT2D eigenvalue weighted by Gasteiger charge is -2.15. The van der Waals surface area contributed by atoms with Crippen molar-refractivity contribution in [2.24, 2.45) is 0 Å². The Morgan fingerprint density at radius 1 is 1.24 bits per heavy atom. The average Bonchev–Trinajstić information content (AvgIpc) is 2.43. The van der Waals surface area contributed by atoms with Crippen molar-refractivity contribution in [1.82, 2.24) is 0 Å². The van der Waals surface area contributed by atoms with Gasteiger partial charge >= 0.3 is 0 Å². The van der Waals surface area contributed by atoms with Gasteiger partial charge in [0, 0.05) is 12.7 Å². The summed E-state index contributed by atoms with van der Waals surface area (Å²) >= 11 is 0. The minimum atomic E-state index is -0.808. The van der Waals surface area contributed by atoms with Gasteiger partial charge in [0.05, 0.1) is 12.7 Å². The molecule has 112 valence electrons. The minimum Gasteiger partial charge on any atom is -0.457 e. The SMILES string of the molecule is COCc1cccc(Oc2cc(C)c(F)cc2C(C)O)c1. The predicted molar refractivity (Wildman–Crippen MR) is 79.0 cm³/mol. The summed E-state index contributed by atoms with van der Waals surface area (Å²) in [5.74, 6) is 0.724. The second kappa shape index (κ2) is 6.70. The van der Waals surface area contributed by atoms with E-state index in [0.717, 1.165) is 5.56 Å². The van der Waals surface area contributed by atoms with E-state index in [9.17, 15) is 9.50 Å². The van der Waals surface area contributed by atoms with Crippen LogP contribution in [-0.4, -0.2) is 12.2 Å². The highest BCUT2D eigenvalue weighted by atomic mass is 19.1. The van der Waals surface area contributed by atoms with Gasteiger partial charge in [0.2, 0.25) is 0 Å². The number of aliphatic hydroxyl groups is 1. The van der Waals surface area contributed by atoms with Gasteiger partial charge < -0.3 is 14.6 Å². The quantitative estimate of drug-likeness (QED) is 0.900. The molecule has 0 aliphatic carbocycles. The highest BCUT2D eigenvalue weighted by molar-refractivity contribution is 5.43. The molecule has 0 amide bonds. The smallest absolute Gasteiger partial charge is 0.133 e. The largest absolute Gasteiger partial charge is 0.457 e. The predicted octanol–water partition coefficient (Wildman–Crippen LogP) is 4.13. The summed E-state index contributed by atoms with van der Waals surface area (Å²) in [5.41, 5.74) is 1.88. The fourth-order valence-corrected chi connectivity index (χ4v) is 2.08. The van der Waals surface area contributed by atoms with Gasteiger partial charge in [0.25, 0.3) is 0 Å². The minimum absolute atomic E-state index is 0.355. The molecule has 3 nitrogen and oxygen atoms in total. The van der Waals surface area contributed by atoms with E-state index < -0.39 is 6.10 Å². The molecular formula is C17H19FO3. The Bertz CT molecular complexity index is 623. The molecule has 0 heterocycles. The Balaban J connectivity index is 2.34. The summed E-state index contributed by atoms with van der Waals surface area (Å²) < 4.78 is 24.5. The summed E-state index contributed by atoms with van der Waals surface area (Å²) in [6, 6.07) is 10.4. The van der Waals surface area contributed by atoms with Crippen LogP contribution in [0, 0.1) is 12.7 Å². The second-order valence-electron chi connectivity index (χ2n) is 5.00. The molecule has 1 N–H and O–H groups in total. The Kier molecular flexibility index (Phi) is 4.94. The highest BCUT2D eigenvalue weighted by Crippen LogP contribution is 2.32. The summed E-state index contributed by atoms with van der Waals surface area (Å²) in [4.78, 5) is 0. The molecule has 0 aliphatic heterocycles. The first kappa shape index (κ1) is 15.5. The van der Waals surface area contributed by atoms with Gasteiger partial charge in [-0.3, -0.25) is 0 Å². The number of aliphatic hydroxyl groups excluding tert-OH is 1. The Hall–Kier alpha value is -1.91. The molecule has 1 unspecified atom stereocenters.